The van der Waals surface area contributed by atoms with Gasteiger partial charge in [-0.1, -0.05) is 0 Å². The molecule has 7 heteroatoms. The van der Waals surface area contributed by atoms with Crippen molar-refractivity contribution in [1.29, 1.82) is 0 Å². The molecule has 3 rings (SSSR count). The molecule has 0 saturated carbocycles. The normalized spacial score (nSPS) is 18.3. The first kappa shape index (κ1) is 11.2. The van der Waals surface area contributed by atoms with Gasteiger partial charge in [0.1, 0.15) is 6.10 Å². The third kappa shape index (κ3) is 2.08. The van der Waals surface area contributed by atoms with Gasteiger partial charge in [0.15, 0.2) is 5.65 Å². The highest BCUT2D eigenvalue weighted by molar-refractivity contribution is 5.42. The number of fused-ring (bicyclic) bond motifs is 1. The Morgan fingerprint density at radius 2 is 2.11 bits per heavy atom. The monoisotopic (exact) mass is 248 g/mol. The summed E-state index contributed by atoms with van der Waals surface area (Å²) < 4.78 is 7.28. The quantitative estimate of drug-likeness (QED) is 0.816. The molecule has 1 aliphatic rings. The second kappa shape index (κ2) is 4.41. The molecule has 0 spiro atoms. The topological polar surface area (TPSA) is 81.6 Å². The molecular formula is C11H16N6O. The van der Waals surface area contributed by atoms with Crippen molar-refractivity contribution in [2.75, 3.05) is 25.9 Å². The lowest BCUT2D eigenvalue weighted by Crippen LogP contribution is -2.36. The van der Waals surface area contributed by atoms with Crippen molar-refractivity contribution < 1.29 is 4.74 Å². The van der Waals surface area contributed by atoms with E-state index in [1.807, 2.05) is 0 Å². The van der Waals surface area contributed by atoms with Crippen LogP contribution < -0.4 is 10.5 Å². The smallest absolute Gasteiger partial charge is 0.322 e. The predicted molar refractivity (Wildman–Crippen MR) is 66.3 cm³/mol. The van der Waals surface area contributed by atoms with Crippen LogP contribution >= 0.6 is 0 Å². The molecule has 0 aliphatic carbocycles. The third-order valence-corrected chi connectivity index (χ3v) is 3.20. The van der Waals surface area contributed by atoms with Crippen LogP contribution in [0.2, 0.25) is 0 Å². The Morgan fingerprint density at radius 3 is 2.89 bits per heavy atom. The van der Waals surface area contributed by atoms with Gasteiger partial charge in [-0.05, 0) is 19.9 Å². The molecule has 0 aromatic carbocycles. The van der Waals surface area contributed by atoms with Crippen molar-refractivity contribution in [3.05, 3.63) is 12.3 Å². The number of likely N-dealkylation sites (tertiary alicyclic amines) is 1. The largest absolute Gasteiger partial charge is 0.460 e. The summed E-state index contributed by atoms with van der Waals surface area (Å²) in [6.45, 7) is 2.07. The van der Waals surface area contributed by atoms with Crippen molar-refractivity contribution in [2.45, 2.75) is 18.9 Å². The third-order valence-electron chi connectivity index (χ3n) is 3.20. The SMILES string of the molecule is CN1CCC(Oc2nc(N)n3nccc3n2)CC1. The number of hydrogen-bond donors (Lipinski definition) is 1. The van der Waals surface area contributed by atoms with E-state index in [0.29, 0.717) is 17.6 Å². The summed E-state index contributed by atoms with van der Waals surface area (Å²) in [5, 5.41) is 4.02. The zero-order valence-corrected chi connectivity index (χ0v) is 10.3. The summed E-state index contributed by atoms with van der Waals surface area (Å²) in [5.74, 6) is 0.299. The number of hydrogen-bond acceptors (Lipinski definition) is 6. The molecule has 7 nitrogen and oxygen atoms in total. The zero-order chi connectivity index (χ0) is 12.5. The van der Waals surface area contributed by atoms with E-state index in [4.69, 9.17) is 10.5 Å². The summed E-state index contributed by atoms with van der Waals surface area (Å²) in [5.41, 5.74) is 6.45. The van der Waals surface area contributed by atoms with Crippen molar-refractivity contribution in [2.24, 2.45) is 0 Å². The fraction of sp³-hybridized carbons (Fsp3) is 0.545. The molecule has 0 radical (unpaired) electrons. The summed E-state index contributed by atoms with van der Waals surface area (Å²) in [4.78, 5) is 10.7. The lowest BCUT2D eigenvalue weighted by atomic mass is 10.1. The molecule has 1 saturated heterocycles. The Kier molecular flexibility index (Phi) is 2.75. The molecule has 0 amide bonds. The van der Waals surface area contributed by atoms with E-state index in [2.05, 4.69) is 27.0 Å². The van der Waals surface area contributed by atoms with Gasteiger partial charge in [0.25, 0.3) is 0 Å². The maximum absolute atomic E-state index is 5.79. The van der Waals surface area contributed by atoms with Crippen LogP contribution in [-0.2, 0) is 0 Å². The summed E-state index contributed by atoms with van der Waals surface area (Å²) in [6, 6.07) is 2.12. The minimum atomic E-state index is 0.172. The Hall–Kier alpha value is -1.89. The first-order chi connectivity index (χ1) is 8.72. The Labute approximate surface area is 105 Å². The van der Waals surface area contributed by atoms with Crippen molar-refractivity contribution in [1.82, 2.24) is 24.5 Å². The van der Waals surface area contributed by atoms with Gasteiger partial charge >= 0.3 is 6.01 Å². The van der Waals surface area contributed by atoms with Crippen LogP contribution in [0.15, 0.2) is 12.3 Å². The number of rotatable bonds is 2. The van der Waals surface area contributed by atoms with Crippen molar-refractivity contribution in [3.8, 4) is 6.01 Å². The Morgan fingerprint density at radius 1 is 1.33 bits per heavy atom. The highest BCUT2D eigenvalue weighted by Gasteiger charge is 2.19. The second-order valence-corrected chi connectivity index (χ2v) is 4.59. The standard InChI is InChI=1S/C11H16N6O/c1-16-6-3-8(4-7-16)18-11-14-9-2-5-13-17(9)10(12)15-11/h2,5,8H,3-4,6-7H2,1H3,(H2,12,14,15). The number of piperidine rings is 1. The van der Waals surface area contributed by atoms with Crippen LogP contribution in [0, 0.1) is 0 Å². The summed E-state index contributed by atoms with van der Waals surface area (Å²) >= 11 is 0. The number of aromatic nitrogens is 4. The molecular weight excluding hydrogens is 232 g/mol. The minimum Gasteiger partial charge on any atom is -0.460 e. The van der Waals surface area contributed by atoms with E-state index in [9.17, 15) is 0 Å². The van der Waals surface area contributed by atoms with Gasteiger partial charge in [-0.15, -0.1) is 0 Å². The molecule has 0 unspecified atom stereocenters. The highest BCUT2D eigenvalue weighted by atomic mass is 16.5. The summed E-state index contributed by atoms with van der Waals surface area (Å²) in [7, 11) is 2.11. The van der Waals surface area contributed by atoms with E-state index < -0.39 is 0 Å². The van der Waals surface area contributed by atoms with Crippen LogP contribution in [0.3, 0.4) is 0 Å². The van der Waals surface area contributed by atoms with Gasteiger partial charge in [-0.2, -0.15) is 19.6 Å². The second-order valence-electron chi connectivity index (χ2n) is 4.59. The van der Waals surface area contributed by atoms with E-state index in [-0.39, 0.29) is 6.10 Å². The first-order valence-electron chi connectivity index (χ1n) is 6.05. The molecule has 1 fully saturated rings. The average Bonchev–Trinajstić information content (AvgIpc) is 2.81. The highest BCUT2D eigenvalue weighted by Crippen LogP contribution is 2.16. The van der Waals surface area contributed by atoms with Gasteiger partial charge < -0.3 is 15.4 Å². The van der Waals surface area contributed by atoms with Crippen LogP contribution in [0.4, 0.5) is 5.95 Å². The molecule has 0 bridgehead atoms. The molecule has 3 heterocycles. The summed E-state index contributed by atoms with van der Waals surface area (Å²) in [6.07, 6.45) is 3.79. The van der Waals surface area contributed by atoms with Gasteiger partial charge in [-0.25, -0.2) is 0 Å². The number of ether oxygens (including phenoxy) is 1. The molecule has 2 aromatic heterocycles. The number of nitrogens with zero attached hydrogens (tertiary/aromatic N) is 5. The van der Waals surface area contributed by atoms with E-state index in [0.717, 1.165) is 25.9 Å². The molecule has 2 aromatic rings. The van der Waals surface area contributed by atoms with Crippen LogP contribution in [-0.4, -0.2) is 50.7 Å². The Bertz CT molecular complexity index is 545. The van der Waals surface area contributed by atoms with Crippen molar-refractivity contribution >= 4 is 11.6 Å². The zero-order valence-electron chi connectivity index (χ0n) is 10.3. The molecule has 18 heavy (non-hydrogen) atoms. The van der Waals surface area contributed by atoms with Crippen LogP contribution in [0.5, 0.6) is 6.01 Å². The number of anilines is 1. The molecule has 96 valence electrons. The fourth-order valence-electron chi connectivity index (χ4n) is 2.13. The maximum Gasteiger partial charge on any atom is 0.322 e. The molecule has 0 atom stereocenters. The van der Waals surface area contributed by atoms with Crippen LogP contribution in [0.25, 0.3) is 5.65 Å². The van der Waals surface area contributed by atoms with Crippen molar-refractivity contribution in [3.63, 3.8) is 0 Å². The van der Waals surface area contributed by atoms with E-state index in [1.165, 1.54) is 4.52 Å². The molecule has 1 aliphatic heterocycles. The minimum absolute atomic E-state index is 0.172. The first-order valence-corrected chi connectivity index (χ1v) is 6.05. The predicted octanol–water partition coefficient (Wildman–Crippen LogP) is 0.179. The average molecular weight is 248 g/mol. The van der Waals surface area contributed by atoms with Gasteiger partial charge in [0.05, 0.1) is 6.20 Å². The van der Waals surface area contributed by atoms with E-state index in [1.54, 1.807) is 12.3 Å². The fourth-order valence-corrected chi connectivity index (χ4v) is 2.13. The Balaban J connectivity index is 1.78. The van der Waals surface area contributed by atoms with E-state index >= 15 is 0 Å². The van der Waals surface area contributed by atoms with Crippen LogP contribution in [0.1, 0.15) is 12.8 Å². The molecule has 2 N–H and O–H groups in total. The lowest BCUT2D eigenvalue weighted by molar-refractivity contribution is 0.105. The van der Waals surface area contributed by atoms with Gasteiger partial charge in [-0.3, -0.25) is 0 Å². The number of nitrogen functional groups attached to an aromatic ring is 1. The van der Waals surface area contributed by atoms with Gasteiger partial charge in [0.2, 0.25) is 5.95 Å². The lowest BCUT2D eigenvalue weighted by Gasteiger charge is -2.28. The number of nitrogens with two attached hydrogens (primary N) is 1. The maximum atomic E-state index is 5.79. The van der Waals surface area contributed by atoms with Gasteiger partial charge in [0, 0.05) is 19.2 Å².